The summed E-state index contributed by atoms with van der Waals surface area (Å²) in [4.78, 5) is 24.9. The number of nitrogens with zero attached hydrogens (tertiary/aromatic N) is 1. The molecule has 0 fully saturated rings. The largest absolute Gasteiger partial charge is 0.505 e. The van der Waals surface area contributed by atoms with E-state index < -0.39 is 18.4 Å². The lowest BCUT2D eigenvalue weighted by Crippen LogP contribution is -2.29. The number of rotatable bonds is 3. The third-order valence-electron chi connectivity index (χ3n) is 2.34. The summed E-state index contributed by atoms with van der Waals surface area (Å²) >= 11 is 0. The second kappa shape index (κ2) is 8.31. The van der Waals surface area contributed by atoms with Gasteiger partial charge < -0.3 is 15.5 Å². The summed E-state index contributed by atoms with van der Waals surface area (Å²) in [6, 6.07) is 13.0. The molecule has 0 aliphatic heterocycles. The number of aryl methyl sites for hydroxylation is 1. The molecule has 0 unspecified atom stereocenters. The van der Waals surface area contributed by atoms with Crippen molar-refractivity contribution >= 4 is 11.9 Å². The number of aromatic hydroxyl groups is 1. The summed E-state index contributed by atoms with van der Waals surface area (Å²) in [6.45, 7) is 1.58. The van der Waals surface area contributed by atoms with Gasteiger partial charge in [0.05, 0.1) is 0 Å². The van der Waals surface area contributed by atoms with Gasteiger partial charge in [-0.05, 0) is 19.1 Å². The van der Waals surface area contributed by atoms with Gasteiger partial charge in [-0.1, -0.05) is 35.9 Å². The Bertz CT molecular complexity index is 600. The van der Waals surface area contributed by atoms with Crippen LogP contribution in [0.15, 0.2) is 48.7 Å². The van der Waals surface area contributed by atoms with Crippen LogP contribution in [0, 0.1) is 6.92 Å². The molecular weight excluding hydrogens is 272 g/mol. The molecule has 0 aliphatic carbocycles. The summed E-state index contributed by atoms with van der Waals surface area (Å²) in [5.74, 6) is -2.16. The van der Waals surface area contributed by atoms with Gasteiger partial charge in [-0.15, -0.1) is 0 Å². The van der Waals surface area contributed by atoms with E-state index in [0.717, 1.165) is 0 Å². The van der Waals surface area contributed by atoms with Crippen LogP contribution in [0.3, 0.4) is 0 Å². The van der Waals surface area contributed by atoms with Crippen molar-refractivity contribution in [2.75, 3.05) is 6.54 Å². The van der Waals surface area contributed by atoms with Crippen LogP contribution in [0.1, 0.15) is 16.1 Å². The number of pyridine rings is 1. The van der Waals surface area contributed by atoms with Crippen LogP contribution in [0.4, 0.5) is 0 Å². The van der Waals surface area contributed by atoms with Crippen LogP contribution >= 0.6 is 0 Å². The van der Waals surface area contributed by atoms with Crippen molar-refractivity contribution in [1.29, 1.82) is 0 Å². The fourth-order valence-corrected chi connectivity index (χ4v) is 1.35. The van der Waals surface area contributed by atoms with Crippen LogP contribution in [-0.4, -0.2) is 33.6 Å². The van der Waals surface area contributed by atoms with Crippen molar-refractivity contribution in [2.24, 2.45) is 0 Å². The zero-order valence-corrected chi connectivity index (χ0v) is 11.5. The Morgan fingerprint density at radius 3 is 2.29 bits per heavy atom. The first-order chi connectivity index (χ1) is 10.0. The number of benzene rings is 1. The molecule has 21 heavy (non-hydrogen) atoms. The highest BCUT2D eigenvalue weighted by Crippen LogP contribution is 2.11. The number of hydrogen-bond acceptors (Lipinski definition) is 4. The Labute approximate surface area is 122 Å². The minimum absolute atomic E-state index is 0.186. The van der Waals surface area contributed by atoms with E-state index in [1.807, 2.05) is 18.2 Å². The molecule has 3 N–H and O–H groups in total. The molecule has 0 aliphatic rings. The molecule has 0 spiro atoms. The molecule has 6 heteroatoms. The molecule has 0 radical (unpaired) electrons. The van der Waals surface area contributed by atoms with Gasteiger partial charge in [-0.3, -0.25) is 9.59 Å². The lowest BCUT2D eigenvalue weighted by atomic mass is 10.2. The van der Waals surface area contributed by atoms with Crippen molar-refractivity contribution in [3.63, 3.8) is 0 Å². The molecule has 2 aromatic rings. The van der Waals surface area contributed by atoms with E-state index in [4.69, 9.17) is 5.11 Å². The Hall–Kier alpha value is -2.89. The number of carbonyl (C=O) groups excluding carboxylic acids is 1. The van der Waals surface area contributed by atoms with E-state index in [9.17, 15) is 14.7 Å². The Kier molecular flexibility index (Phi) is 6.40. The van der Waals surface area contributed by atoms with Crippen molar-refractivity contribution in [2.45, 2.75) is 6.92 Å². The minimum Gasteiger partial charge on any atom is -0.505 e. The highest BCUT2D eigenvalue weighted by Gasteiger charge is 2.12. The molecule has 6 nitrogen and oxygen atoms in total. The molecule has 0 bridgehead atoms. The molecule has 2 rings (SSSR count). The molecular formula is C15H16N2O4. The van der Waals surface area contributed by atoms with E-state index >= 15 is 0 Å². The van der Waals surface area contributed by atoms with Crippen LogP contribution in [0.2, 0.25) is 0 Å². The summed E-state index contributed by atoms with van der Waals surface area (Å²) in [5.41, 5.74) is 1.14. The van der Waals surface area contributed by atoms with Gasteiger partial charge in [0.1, 0.15) is 12.3 Å². The zero-order chi connectivity index (χ0) is 15.7. The quantitative estimate of drug-likeness (QED) is 0.796. The zero-order valence-electron chi connectivity index (χ0n) is 11.5. The predicted molar refractivity (Wildman–Crippen MR) is 77.0 cm³/mol. The van der Waals surface area contributed by atoms with Gasteiger partial charge in [-0.2, -0.15) is 0 Å². The second-order valence-corrected chi connectivity index (χ2v) is 4.10. The maximum atomic E-state index is 11.2. The predicted octanol–water partition coefficient (Wildman–Crippen LogP) is 1.60. The Morgan fingerprint density at radius 1 is 1.14 bits per heavy atom. The van der Waals surface area contributed by atoms with Crippen LogP contribution in [-0.2, 0) is 4.79 Å². The highest BCUT2D eigenvalue weighted by molar-refractivity contribution is 5.96. The van der Waals surface area contributed by atoms with Gasteiger partial charge in [0.15, 0.2) is 5.69 Å². The average molecular weight is 288 g/mol. The normalized spacial score (nSPS) is 9.19. The van der Waals surface area contributed by atoms with Crippen LogP contribution in [0.25, 0.3) is 0 Å². The Balaban J connectivity index is 0.000000262. The summed E-state index contributed by atoms with van der Waals surface area (Å²) in [6.07, 6.45) is 1.33. The van der Waals surface area contributed by atoms with E-state index in [0.29, 0.717) is 0 Å². The molecule has 0 atom stereocenters. The number of carbonyl (C=O) groups is 2. The van der Waals surface area contributed by atoms with E-state index in [1.54, 1.807) is 0 Å². The number of hydrogen-bond donors (Lipinski definition) is 3. The van der Waals surface area contributed by atoms with E-state index in [-0.39, 0.29) is 11.4 Å². The van der Waals surface area contributed by atoms with Crippen molar-refractivity contribution in [3.05, 3.63) is 59.9 Å². The molecule has 1 heterocycles. The third-order valence-corrected chi connectivity index (χ3v) is 2.34. The summed E-state index contributed by atoms with van der Waals surface area (Å²) in [7, 11) is 0. The van der Waals surface area contributed by atoms with Gasteiger partial charge >= 0.3 is 5.97 Å². The number of nitrogens with one attached hydrogen (secondary N) is 1. The molecule has 1 aromatic carbocycles. The smallest absolute Gasteiger partial charge is 0.322 e. The average Bonchev–Trinajstić information content (AvgIpc) is 2.47. The van der Waals surface area contributed by atoms with Crippen LogP contribution < -0.4 is 5.32 Å². The first-order valence-corrected chi connectivity index (χ1v) is 6.16. The second-order valence-electron chi connectivity index (χ2n) is 4.10. The topological polar surface area (TPSA) is 99.5 Å². The number of aliphatic carboxylic acids is 1. The monoisotopic (exact) mass is 288 g/mol. The maximum Gasteiger partial charge on any atom is 0.322 e. The molecule has 110 valence electrons. The van der Waals surface area contributed by atoms with E-state index in [1.165, 1.54) is 23.9 Å². The van der Waals surface area contributed by atoms with Crippen molar-refractivity contribution < 1.29 is 19.8 Å². The lowest BCUT2D eigenvalue weighted by Gasteiger charge is -2.02. The summed E-state index contributed by atoms with van der Waals surface area (Å²) in [5, 5.41) is 19.5. The standard InChI is InChI=1S/C8H8N2O4.C7H8/c11-5-2-1-3-9-7(5)8(14)10-4-6(12)13;1-7-5-3-2-4-6-7/h1-3,11H,4H2,(H,10,14)(H,12,13);2-6H,1H3. The molecule has 0 saturated heterocycles. The first kappa shape index (κ1) is 16.2. The number of carboxylic acids is 1. The number of aromatic nitrogens is 1. The Morgan fingerprint density at radius 2 is 1.81 bits per heavy atom. The van der Waals surface area contributed by atoms with Gasteiger partial charge in [0.2, 0.25) is 0 Å². The number of carboxylic acid groups (broad SMARTS) is 1. The number of amides is 1. The van der Waals surface area contributed by atoms with Gasteiger partial charge in [0, 0.05) is 6.20 Å². The molecule has 0 saturated carbocycles. The first-order valence-electron chi connectivity index (χ1n) is 6.16. The highest BCUT2D eigenvalue weighted by atomic mass is 16.4. The SMILES string of the molecule is Cc1ccccc1.O=C(O)CNC(=O)c1ncccc1O. The van der Waals surface area contributed by atoms with E-state index in [2.05, 4.69) is 29.4 Å². The lowest BCUT2D eigenvalue weighted by molar-refractivity contribution is -0.135. The van der Waals surface area contributed by atoms with Crippen LogP contribution in [0.5, 0.6) is 5.75 Å². The maximum absolute atomic E-state index is 11.2. The van der Waals surface area contributed by atoms with Gasteiger partial charge in [0.25, 0.3) is 5.91 Å². The fourth-order valence-electron chi connectivity index (χ4n) is 1.35. The van der Waals surface area contributed by atoms with Crippen molar-refractivity contribution in [3.8, 4) is 5.75 Å². The molecule has 1 aromatic heterocycles. The third kappa shape index (κ3) is 6.20. The van der Waals surface area contributed by atoms with Gasteiger partial charge in [-0.25, -0.2) is 4.98 Å². The summed E-state index contributed by atoms with van der Waals surface area (Å²) < 4.78 is 0. The fraction of sp³-hybridized carbons (Fsp3) is 0.133. The molecule has 1 amide bonds. The minimum atomic E-state index is -1.16. The van der Waals surface area contributed by atoms with Crippen molar-refractivity contribution in [1.82, 2.24) is 10.3 Å².